The van der Waals surface area contributed by atoms with Crippen LogP contribution in [0.1, 0.15) is 13.8 Å². The number of hydrogen-bond acceptors (Lipinski definition) is 4. The number of rotatable bonds is 1. The fourth-order valence-electron chi connectivity index (χ4n) is 0.805. The SMILES string of the molecule is CC1(C)OCC([N+](=O)[O-])CO1.[NaH]. The number of ether oxygens (including phenoxy) is 2. The first kappa shape index (κ1) is 12.3. The summed E-state index contributed by atoms with van der Waals surface area (Å²) in [6.07, 6.45) is 0. The molecule has 0 bridgehead atoms. The van der Waals surface area contributed by atoms with Gasteiger partial charge >= 0.3 is 29.6 Å². The van der Waals surface area contributed by atoms with Crippen molar-refractivity contribution in [2.45, 2.75) is 25.7 Å². The van der Waals surface area contributed by atoms with E-state index in [1.165, 1.54) is 0 Å². The first-order valence-electron chi connectivity index (χ1n) is 3.43. The average molecular weight is 185 g/mol. The molecule has 0 aliphatic carbocycles. The summed E-state index contributed by atoms with van der Waals surface area (Å²) < 4.78 is 10.2. The molecule has 1 saturated heterocycles. The minimum atomic E-state index is -0.706. The summed E-state index contributed by atoms with van der Waals surface area (Å²) in [5.41, 5.74) is 0. The summed E-state index contributed by atoms with van der Waals surface area (Å²) >= 11 is 0. The molecule has 0 aromatic rings. The van der Waals surface area contributed by atoms with Crippen LogP contribution in [-0.4, -0.2) is 59.5 Å². The van der Waals surface area contributed by atoms with Crippen molar-refractivity contribution in [3.05, 3.63) is 10.1 Å². The predicted molar refractivity (Wildman–Crippen MR) is 43.9 cm³/mol. The van der Waals surface area contributed by atoms with Crippen molar-refractivity contribution < 1.29 is 14.4 Å². The Balaban J connectivity index is 0.00000121. The van der Waals surface area contributed by atoms with Gasteiger partial charge in [-0.2, -0.15) is 0 Å². The van der Waals surface area contributed by atoms with E-state index in [0.29, 0.717) is 0 Å². The van der Waals surface area contributed by atoms with E-state index >= 15 is 0 Å². The van der Waals surface area contributed by atoms with Crippen molar-refractivity contribution in [2.24, 2.45) is 0 Å². The Morgan fingerprint density at radius 1 is 1.42 bits per heavy atom. The zero-order valence-corrected chi connectivity index (χ0v) is 6.57. The van der Waals surface area contributed by atoms with Gasteiger partial charge in [-0.25, -0.2) is 0 Å². The number of hydrogen-bond donors (Lipinski definition) is 0. The van der Waals surface area contributed by atoms with E-state index in [9.17, 15) is 10.1 Å². The topological polar surface area (TPSA) is 61.6 Å². The van der Waals surface area contributed by atoms with Crippen molar-refractivity contribution in [3.8, 4) is 0 Å². The second-order valence-electron chi connectivity index (χ2n) is 2.96. The van der Waals surface area contributed by atoms with E-state index in [2.05, 4.69) is 0 Å². The molecule has 0 N–H and O–H groups in total. The molecule has 0 unspecified atom stereocenters. The molecule has 0 radical (unpaired) electrons. The van der Waals surface area contributed by atoms with Crippen LogP contribution in [0.4, 0.5) is 0 Å². The van der Waals surface area contributed by atoms with Crippen LogP contribution in [0.3, 0.4) is 0 Å². The van der Waals surface area contributed by atoms with Crippen molar-refractivity contribution >= 4 is 29.6 Å². The van der Waals surface area contributed by atoms with Crippen molar-refractivity contribution in [1.82, 2.24) is 0 Å². The molecule has 0 spiro atoms. The molecule has 1 fully saturated rings. The van der Waals surface area contributed by atoms with Crippen LogP contribution < -0.4 is 0 Å². The average Bonchev–Trinajstić information content (AvgIpc) is 1.86. The van der Waals surface area contributed by atoms with Crippen LogP contribution in [0.5, 0.6) is 0 Å². The van der Waals surface area contributed by atoms with Gasteiger partial charge in [0.2, 0.25) is 0 Å². The van der Waals surface area contributed by atoms with E-state index in [0.717, 1.165) is 0 Å². The summed E-state index contributed by atoms with van der Waals surface area (Å²) in [6.45, 7) is 3.76. The van der Waals surface area contributed by atoms with Crippen LogP contribution in [0.2, 0.25) is 0 Å². The molecular weight excluding hydrogens is 173 g/mol. The maximum atomic E-state index is 10.2. The molecule has 0 atom stereocenters. The minimum absolute atomic E-state index is 0. The van der Waals surface area contributed by atoms with Gasteiger partial charge in [-0.15, -0.1) is 0 Å². The van der Waals surface area contributed by atoms with Gasteiger partial charge in [-0.3, -0.25) is 10.1 Å². The Labute approximate surface area is 92.9 Å². The van der Waals surface area contributed by atoms with Gasteiger partial charge in [0.25, 0.3) is 6.04 Å². The molecule has 1 aliphatic heterocycles. The third-order valence-electron chi connectivity index (χ3n) is 1.54. The van der Waals surface area contributed by atoms with Crippen LogP contribution in [0.25, 0.3) is 0 Å². The Hall–Kier alpha value is 0.320. The molecule has 1 heterocycles. The monoisotopic (exact) mass is 185 g/mol. The Kier molecular flexibility index (Phi) is 4.65. The van der Waals surface area contributed by atoms with E-state index in [1.54, 1.807) is 13.8 Å². The Bertz CT molecular complexity index is 163. The fraction of sp³-hybridized carbons (Fsp3) is 1.00. The molecule has 0 aromatic carbocycles. The maximum absolute atomic E-state index is 10.2. The third kappa shape index (κ3) is 3.37. The quantitative estimate of drug-likeness (QED) is 0.321. The van der Waals surface area contributed by atoms with Gasteiger partial charge in [0.15, 0.2) is 5.79 Å². The van der Waals surface area contributed by atoms with Crippen molar-refractivity contribution in [2.75, 3.05) is 13.2 Å². The summed E-state index contributed by atoms with van der Waals surface area (Å²) in [4.78, 5) is 9.83. The van der Waals surface area contributed by atoms with Gasteiger partial charge in [-0.1, -0.05) is 0 Å². The molecule has 0 amide bonds. The van der Waals surface area contributed by atoms with Crippen molar-refractivity contribution in [1.29, 1.82) is 0 Å². The molecule has 1 rings (SSSR count). The van der Waals surface area contributed by atoms with Crippen LogP contribution in [-0.2, 0) is 9.47 Å². The van der Waals surface area contributed by atoms with E-state index in [-0.39, 0.29) is 47.7 Å². The second-order valence-corrected chi connectivity index (χ2v) is 2.96. The van der Waals surface area contributed by atoms with Gasteiger partial charge in [0.1, 0.15) is 13.2 Å². The van der Waals surface area contributed by atoms with E-state index in [4.69, 9.17) is 9.47 Å². The van der Waals surface area contributed by atoms with Gasteiger partial charge in [0, 0.05) is 4.92 Å². The third-order valence-corrected chi connectivity index (χ3v) is 1.54. The first-order valence-corrected chi connectivity index (χ1v) is 3.43. The summed E-state index contributed by atoms with van der Waals surface area (Å²) in [6, 6.07) is -0.706. The second kappa shape index (κ2) is 4.53. The zero-order chi connectivity index (χ0) is 8.48. The summed E-state index contributed by atoms with van der Waals surface area (Å²) in [7, 11) is 0. The van der Waals surface area contributed by atoms with Crippen LogP contribution in [0, 0.1) is 10.1 Å². The zero-order valence-electron chi connectivity index (χ0n) is 6.57. The first-order chi connectivity index (χ1) is 5.01. The molecule has 66 valence electrons. The molecule has 6 heteroatoms. The normalized spacial score (nSPS) is 22.8. The molecule has 12 heavy (non-hydrogen) atoms. The predicted octanol–water partition coefficient (Wildman–Crippen LogP) is -0.234. The number of nitro groups is 1. The summed E-state index contributed by atoms with van der Waals surface area (Å²) in [5, 5.41) is 10.2. The van der Waals surface area contributed by atoms with Gasteiger partial charge < -0.3 is 9.47 Å². The fourth-order valence-corrected chi connectivity index (χ4v) is 0.805. The molecule has 0 aromatic heterocycles. The van der Waals surface area contributed by atoms with Crippen LogP contribution >= 0.6 is 0 Å². The standard InChI is InChI=1S/C6H11NO4.Na.H/c1-6(2)10-3-5(4-11-6)7(8)9;;/h5H,3-4H2,1-2H3;;. The molecule has 5 nitrogen and oxygen atoms in total. The Morgan fingerprint density at radius 2 is 1.83 bits per heavy atom. The van der Waals surface area contributed by atoms with Gasteiger partial charge in [0.05, 0.1) is 0 Å². The molecular formula is C6H12NNaO4. The van der Waals surface area contributed by atoms with E-state index in [1.807, 2.05) is 0 Å². The molecule has 1 aliphatic rings. The van der Waals surface area contributed by atoms with E-state index < -0.39 is 11.8 Å². The van der Waals surface area contributed by atoms with Gasteiger partial charge in [-0.05, 0) is 13.8 Å². The number of nitrogens with zero attached hydrogens (tertiary/aromatic N) is 1. The Morgan fingerprint density at radius 3 is 2.17 bits per heavy atom. The molecule has 0 saturated carbocycles. The van der Waals surface area contributed by atoms with Crippen LogP contribution in [0.15, 0.2) is 0 Å². The summed E-state index contributed by atoms with van der Waals surface area (Å²) in [5.74, 6) is -0.660. The van der Waals surface area contributed by atoms with Crippen molar-refractivity contribution in [3.63, 3.8) is 0 Å².